The molecule has 1 N–H and O–H groups in total. The van der Waals surface area contributed by atoms with Crippen LogP contribution in [0.15, 0.2) is 18.3 Å². The lowest BCUT2D eigenvalue weighted by atomic mass is 9.73. The SMILES string of the molecule is O=C(NCCc1ccc(N2CCC2)nc1)N1CC2(CCOCC2)C1. The Morgan fingerprint density at radius 3 is 2.67 bits per heavy atom. The fourth-order valence-corrected chi connectivity index (χ4v) is 3.75. The van der Waals surface area contributed by atoms with E-state index in [0.717, 1.165) is 64.5 Å². The van der Waals surface area contributed by atoms with E-state index in [1.54, 1.807) is 0 Å². The minimum Gasteiger partial charge on any atom is -0.381 e. The van der Waals surface area contributed by atoms with Crippen molar-refractivity contribution in [3.63, 3.8) is 0 Å². The molecule has 0 aliphatic carbocycles. The Morgan fingerprint density at radius 2 is 2.04 bits per heavy atom. The number of anilines is 1. The van der Waals surface area contributed by atoms with Crippen LogP contribution in [0.3, 0.4) is 0 Å². The van der Waals surface area contributed by atoms with E-state index in [0.29, 0.717) is 12.0 Å². The lowest BCUT2D eigenvalue weighted by Gasteiger charge is -2.51. The summed E-state index contributed by atoms with van der Waals surface area (Å²) in [6.45, 7) is 6.35. The normalized spacial score (nSPS) is 22.0. The highest BCUT2D eigenvalue weighted by molar-refractivity contribution is 5.75. The number of urea groups is 1. The van der Waals surface area contributed by atoms with Crippen molar-refractivity contribution in [3.8, 4) is 0 Å². The molecule has 1 aromatic rings. The standard InChI is InChI=1S/C18H26N4O2/c23-17(22-13-18(14-22)5-10-24-11-6-18)19-7-4-15-2-3-16(20-12-15)21-8-1-9-21/h2-3,12H,1,4-11,13-14H2,(H,19,23). The molecule has 0 saturated carbocycles. The molecule has 0 unspecified atom stereocenters. The van der Waals surface area contributed by atoms with Crippen LogP contribution in [0.4, 0.5) is 10.6 Å². The number of rotatable bonds is 4. The number of hydrogen-bond acceptors (Lipinski definition) is 4. The van der Waals surface area contributed by atoms with Crippen molar-refractivity contribution in [3.05, 3.63) is 23.9 Å². The van der Waals surface area contributed by atoms with Gasteiger partial charge >= 0.3 is 6.03 Å². The molecule has 3 aliphatic rings. The van der Waals surface area contributed by atoms with Gasteiger partial charge in [-0.1, -0.05) is 6.07 Å². The molecule has 130 valence electrons. The number of aromatic nitrogens is 1. The second kappa shape index (κ2) is 6.59. The van der Waals surface area contributed by atoms with Gasteiger partial charge in [0.15, 0.2) is 0 Å². The molecular formula is C18H26N4O2. The number of carbonyl (C=O) groups is 1. The molecule has 4 heterocycles. The third-order valence-corrected chi connectivity index (χ3v) is 5.57. The first-order valence-corrected chi connectivity index (χ1v) is 9.05. The lowest BCUT2D eigenvalue weighted by molar-refractivity contribution is -0.0615. The molecule has 24 heavy (non-hydrogen) atoms. The maximum absolute atomic E-state index is 12.2. The van der Waals surface area contributed by atoms with Crippen molar-refractivity contribution < 1.29 is 9.53 Å². The van der Waals surface area contributed by atoms with E-state index < -0.39 is 0 Å². The molecule has 1 spiro atoms. The Hall–Kier alpha value is -1.82. The van der Waals surface area contributed by atoms with E-state index in [-0.39, 0.29) is 6.03 Å². The van der Waals surface area contributed by atoms with Gasteiger partial charge < -0.3 is 19.9 Å². The summed E-state index contributed by atoms with van der Waals surface area (Å²) in [5.41, 5.74) is 1.51. The number of likely N-dealkylation sites (tertiary alicyclic amines) is 1. The van der Waals surface area contributed by atoms with Gasteiger partial charge in [-0.05, 0) is 37.3 Å². The fourth-order valence-electron chi connectivity index (χ4n) is 3.75. The summed E-state index contributed by atoms with van der Waals surface area (Å²) >= 11 is 0. The molecule has 0 aromatic carbocycles. The van der Waals surface area contributed by atoms with Gasteiger partial charge in [-0.15, -0.1) is 0 Å². The molecule has 0 radical (unpaired) electrons. The third-order valence-electron chi connectivity index (χ3n) is 5.57. The summed E-state index contributed by atoms with van der Waals surface area (Å²) in [6, 6.07) is 4.27. The van der Waals surface area contributed by atoms with Crippen LogP contribution in [0.2, 0.25) is 0 Å². The molecule has 3 aliphatic heterocycles. The number of amides is 2. The first-order valence-electron chi connectivity index (χ1n) is 9.05. The van der Waals surface area contributed by atoms with Crippen LogP contribution in [-0.4, -0.2) is 61.9 Å². The predicted molar refractivity (Wildman–Crippen MR) is 92.2 cm³/mol. The fraction of sp³-hybridized carbons (Fsp3) is 0.667. The number of nitrogens with zero attached hydrogens (tertiary/aromatic N) is 3. The Morgan fingerprint density at radius 1 is 1.25 bits per heavy atom. The zero-order valence-electron chi connectivity index (χ0n) is 14.2. The van der Waals surface area contributed by atoms with Crippen molar-refractivity contribution in [1.82, 2.24) is 15.2 Å². The molecule has 2 amide bonds. The molecule has 6 heteroatoms. The van der Waals surface area contributed by atoms with Crippen LogP contribution >= 0.6 is 0 Å². The second-order valence-corrected chi connectivity index (χ2v) is 7.32. The second-order valence-electron chi connectivity index (χ2n) is 7.32. The Kier molecular flexibility index (Phi) is 4.31. The first kappa shape index (κ1) is 15.7. The maximum Gasteiger partial charge on any atom is 0.317 e. The van der Waals surface area contributed by atoms with Gasteiger partial charge in [0.2, 0.25) is 0 Å². The van der Waals surface area contributed by atoms with Crippen molar-refractivity contribution in [2.24, 2.45) is 5.41 Å². The van der Waals surface area contributed by atoms with E-state index in [2.05, 4.69) is 27.3 Å². The highest BCUT2D eigenvalue weighted by Crippen LogP contribution is 2.39. The maximum atomic E-state index is 12.2. The van der Waals surface area contributed by atoms with Crippen molar-refractivity contribution in [2.75, 3.05) is 50.8 Å². The van der Waals surface area contributed by atoms with Crippen LogP contribution in [0.1, 0.15) is 24.8 Å². The van der Waals surface area contributed by atoms with Crippen LogP contribution < -0.4 is 10.2 Å². The Balaban J connectivity index is 1.18. The predicted octanol–water partition coefficient (Wildman–Crippen LogP) is 1.66. The van der Waals surface area contributed by atoms with Gasteiger partial charge in [0, 0.05) is 57.5 Å². The minimum absolute atomic E-state index is 0.0669. The smallest absolute Gasteiger partial charge is 0.317 e. The Labute approximate surface area is 143 Å². The van der Waals surface area contributed by atoms with Gasteiger partial charge in [-0.3, -0.25) is 0 Å². The topological polar surface area (TPSA) is 57.7 Å². The van der Waals surface area contributed by atoms with Crippen molar-refractivity contribution in [2.45, 2.75) is 25.7 Å². The average molecular weight is 330 g/mol. The lowest BCUT2D eigenvalue weighted by Crippen LogP contribution is -2.62. The molecule has 1 aromatic heterocycles. The average Bonchev–Trinajstić information content (AvgIpc) is 2.53. The number of ether oxygens (including phenoxy) is 1. The van der Waals surface area contributed by atoms with E-state index in [1.165, 1.54) is 12.0 Å². The Bertz CT molecular complexity index is 571. The van der Waals surface area contributed by atoms with Crippen molar-refractivity contribution >= 4 is 11.8 Å². The highest BCUT2D eigenvalue weighted by atomic mass is 16.5. The van der Waals surface area contributed by atoms with E-state index in [9.17, 15) is 4.79 Å². The largest absolute Gasteiger partial charge is 0.381 e. The monoisotopic (exact) mass is 330 g/mol. The van der Waals surface area contributed by atoms with Crippen molar-refractivity contribution in [1.29, 1.82) is 0 Å². The van der Waals surface area contributed by atoms with Gasteiger partial charge in [-0.2, -0.15) is 0 Å². The molecular weight excluding hydrogens is 304 g/mol. The zero-order valence-corrected chi connectivity index (χ0v) is 14.2. The van der Waals surface area contributed by atoms with Gasteiger partial charge in [0.1, 0.15) is 5.82 Å². The van der Waals surface area contributed by atoms with Crippen LogP contribution in [0.5, 0.6) is 0 Å². The molecule has 3 saturated heterocycles. The number of carbonyl (C=O) groups excluding carboxylic acids is 1. The molecule has 6 nitrogen and oxygen atoms in total. The summed E-state index contributed by atoms with van der Waals surface area (Å²) in [4.78, 5) is 20.9. The van der Waals surface area contributed by atoms with Crippen LogP contribution in [0, 0.1) is 5.41 Å². The summed E-state index contributed by atoms with van der Waals surface area (Å²) in [7, 11) is 0. The molecule has 0 bridgehead atoms. The quantitative estimate of drug-likeness (QED) is 0.912. The first-order chi connectivity index (χ1) is 11.7. The van der Waals surface area contributed by atoms with Gasteiger partial charge in [-0.25, -0.2) is 9.78 Å². The zero-order chi connectivity index (χ0) is 16.4. The minimum atomic E-state index is 0.0669. The van der Waals surface area contributed by atoms with E-state index >= 15 is 0 Å². The summed E-state index contributed by atoms with van der Waals surface area (Å²) < 4.78 is 5.42. The summed E-state index contributed by atoms with van der Waals surface area (Å²) in [5.74, 6) is 1.07. The molecule has 4 rings (SSSR count). The number of pyridine rings is 1. The highest BCUT2D eigenvalue weighted by Gasteiger charge is 2.45. The van der Waals surface area contributed by atoms with Crippen LogP contribution in [-0.2, 0) is 11.2 Å². The summed E-state index contributed by atoms with van der Waals surface area (Å²) in [5, 5.41) is 3.03. The van der Waals surface area contributed by atoms with E-state index in [4.69, 9.17) is 4.74 Å². The third kappa shape index (κ3) is 3.20. The van der Waals surface area contributed by atoms with Gasteiger partial charge in [0.05, 0.1) is 0 Å². The number of nitrogens with one attached hydrogen (secondary N) is 1. The van der Waals surface area contributed by atoms with Gasteiger partial charge in [0.25, 0.3) is 0 Å². The molecule has 3 fully saturated rings. The number of hydrogen-bond donors (Lipinski definition) is 1. The summed E-state index contributed by atoms with van der Waals surface area (Å²) in [6.07, 6.45) is 6.20. The van der Waals surface area contributed by atoms with Crippen LogP contribution in [0.25, 0.3) is 0 Å². The molecule has 0 atom stereocenters. The van der Waals surface area contributed by atoms with E-state index in [1.807, 2.05) is 11.1 Å².